The lowest BCUT2D eigenvalue weighted by atomic mass is 10.2. The van der Waals surface area contributed by atoms with Gasteiger partial charge in [-0.2, -0.15) is 0 Å². The normalized spacial score (nSPS) is 15.5. The van der Waals surface area contributed by atoms with E-state index in [4.69, 9.17) is 18.0 Å². The second kappa shape index (κ2) is 6.15. The quantitative estimate of drug-likeness (QED) is 0.645. The van der Waals surface area contributed by atoms with E-state index < -0.39 is 0 Å². The number of nitrogens with zero attached hydrogens (tertiary/aromatic N) is 1. The molecule has 0 aromatic carbocycles. The lowest BCUT2D eigenvalue weighted by Gasteiger charge is -2.25. The van der Waals surface area contributed by atoms with Crippen molar-refractivity contribution in [1.82, 2.24) is 10.2 Å². The molecule has 1 aliphatic carbocycles. The highest BCUT2D eigenvalue weighted by Gasteiger charge is 2.24. The number of hydrogen-bond acceptors (Lipinski definition) is 3. The molecular formula is C11H21N3OS. The van der Waals surface area contributed by atoms with Gasteiger partial charge in [0.1, 0.15) is 0 Å². The Labute approximate surface area is 103 Å². The second-order valence-corrected chi connectivity index (χ2v) is 5.15. The average molecular weight is 243 g/mol. The van der Waals surface area contributed by atoms with Crippen molar-refractivity contribution in [2.75, 3.05) is 13.1 Å². The molecule has 1 fully saturated rings. The van der Waals surface area contributed by atoms with Crippen LogP contribution in [0.15, 0.2) is 0 Å². The Bertz CT molecular complexity index is 264. The Morgan fingerprint density at radius 2 is 2.19 bits per heavy atom. The van der Waals surface area contributed by atoms with Gasteiger partial charge < -0.3 is 11.1 Å². The molecule has 4 nitrogen and oxygen atoms in total. The van der Waals surface area contributed by atoms with Crippen LogP contribution in [0.25, 0.3) is 0 Å². The Kier molecular flexibility index (Phi) is 5.15. The van der Waals surface area contributed by atoms with Crippen molar-refractivity contribution in [3.63, 3.8) is 0 Å². The lowest BCUT2D eigenvalue weighted by Crippen LogP contribution is -2.42. The number of nitrogens with one attached hydrogen (secondary N) is 1. The van der Waals surface area contributed by atoms with E-state index in [1.807, 2.05) is 0 Å². The fourth-order valence-electron chi connectivity index (χ4n) is 1.46. The van der Waals surface area contributed by atoms with Crippen LogP contribution in [-0.4, -0.2) is 41.0 Å². The van der Waals surface area contributed by atoms with Crippen LogP contribution in [-0.2, 0) is 4.79 Å². The minimum Gasteiger partial charge on any atom is -0.393 e. The van der Waals surface area contributed by atoms with Crippen LogP contribution in [0.5, 0.6) is 0 Å². The third-order valence-electron chi connectivity index (χ3n) is 2.66. The van der Waals surface area contributed by atoms with E-state index in [2.05, 4.69) is 24.1 Å². The zero-order chi connectivity index (χ0) is 12.1. The SMILES string of the molecule is CC(C)N(CCC(N)=S)CC(=O)NC1CC1. The van der Waals surface area contributed by atoms with Gasteiger partial charge in [0.25, 0.3) is 0 Å². The molecule has 5 heteroatoms. The van der Waals surface area contributed by atoms with Crippen molar-refractivity contribution in [2.24, 2.45) is 5.73 Å². The van der Waals surface area contributed by atoms with Crippen molar-refractivity contribution in [3.8, 4) is 0 Å². The molecule has 0 saturated heterocycles. The number of carbonyl (C=O) groups excluding carboxylic acids is 1. The Balaban J connectivity index is 2.30. The first-order valence-corrected chi connectivity index (χ1v) is 6.21. The zero-order valence-electron chi connectivity index (χ0n) is 10.0. The summed E-state index contributed by atoms with van der Waals surface area (Å²) in [4.78, 5) is 14.2. The smallest absolute Gasteiger partial charge is 0.234 e. The Morgan fingerprint density at radius 3 is 2.62 bits per heavy atom. The highest BCUT2D eigenvalue weighted by molar-refractivity contribution is 7.80. The van der Waals surface area contributed by atoms with Crippen LogP contribution in [0.3, 0.4) is 0 Å². The first kappa shape index (κ1) is 13.4. The van der Waals surface area contributed by atoms with Crippen LogP contribution < -0.4 is 11.1 Å². The summed E-state index contributed by atoms with van der Waals surface area (Å²) in [6, 6.07) is 0.761. The summed E-state index contributed by atoms with van der Waals surface area (Å²) in [5.41, 5.74) is 5.47. The van der Waals surface area contributed by atoms with E-state index in [1.54, 1.807) is 0 Å². The topological polar surface area (TPSA) is 58.4 Å². The molecule has 0 bridgehead atoms. The molecule has 0 atom stereocenters. The highest BCUT2D eigenvalue weighted by atomic mass is 32.1. The van der Waals surface area contributed by atoms with Crippen LogP contribution in [0.1, 0.15) is 33.1 Å². The largest absolute Gasteiger partial charge is 0.393 e. The van der Waals surface area contributed by atoms with Gasteiger partial charge in [0.2, 0.25) is 5.91 Å². The summed E-state index contributed by atoms with van der Waals surface area (Å²) in [7, 11) is 0. The van der Waals surface area contributed by atoms with Gasteiger partial charge in [-0.3, -0.25) is 9.69 Å². The van der Waals surface area contributed by atoms with E-state index in [9.17, 15) is 4.79 Å². The van der Waals surface area contributed by atoms with E-state index in [0.717, 1.165) is 19.4 Å². The average Bonchev–Trinajstić information content (AvgIpc) is 2.95. The molecule has 0 radical (unpaired) electrons. The predicted octanol–water partition coefficient (Wildman–Crippen LogP) is 0.652. The third-order valence-corrected chi connectivity index (χ3v) is 2.87. The van der Waals surface area contributed by atoms with Gasteiger partial charge in [-0.25, -0.2) is 0 Å². The zero-order valence-corrected chi connectivity index (χ0v) is 10.8. The van der Waals surface area contributed by atoms with E-state index in [0.29, 0.717) is 30.0 Å². The number of rotatable bonds is 7. The van der Waals surface area contributed by atoms with Crippen LogP contribution in [0, 0.1) is 0 Å². The molecule has 0 aromatic heterocycles. The van der Waals surface area contributed by atoms with Crippen molar-refractivity contribution in [3.05, 3.63) is 0 Å². The Hall–Kier alpha value is -0.680. The fraction of sp³-hybridized carbons (Fsp3) is 0.818. The first-order chi connectivity index (χ1) is 7.49. The van der Waals surface area contributed by atoms with Gasteiger partial charge in [-0.05, 0) is 26.7 Å². The highest BCUT2D eigenvalue weighted by Crippen LogP contribution is 2.18. The summed E-state index contributed by atoms with van der Waals surface area (Å²) in [5, 5.41) is 2.98. The number of hydrogen-bond donors (Lipinski definition) is 2. The molecule has 0 unspecified atom stereocenters. The van der Waals surface area contributed by atoms with Gasteiger partial charge in [0.15, 0.2) is 0 Å². The Morgan fingerprint density at radius 1 is 1.56 bits per heavy atom. The van der Waals surface area contributed by atoms with Crippen molar-refractivity contribution in [2.45, 2.75) is 45.2 Å². The van der Waals surface area contributed by atoms with Crippen molar-refractivity contribution >= 4 is 23.1 Å². The van der Waals surface area contributed by atoms with Crippen LogP contribution in [0.2, 0.25) is 0 Å². The van der Waals surface area contributed by atoms with Gasteiger partial charge in [0, 0.05) is 25.0 Å². The minimum atomic E-state index is 0.110. The monoisotopic (exact) mass is 243 g/mol. The molecule has 0 aliphatic heterocycles. The number of thiocarbonyl (C=S) groups is 1. The third kappa shape index (κ3) is 5.42. The molecule has 16 heavy (non-hydrogen) atoms. The maximum atomic E-state index is 11.6. The van der Waals surface area contributed by atoms with E-state index >= 15 is 0 Å². The maximum absolute atomic E-state index is 11.6. The van der Waals surface area contributed by atoms with Crippen molar-refractivity contribution < 1.29 is 4.79 Å². The summed E-state index contributed by atoms with van der Waals surface area (Å²) in [6.07, 6.45) is 2.92. The summed E-state index contributed by atoms with van der Waals surface area (Å²) in [6.45, 7) is 5.34. The van der Waals surface area contributed by atoms with E-state index in [1.165, 1.54) is 0 Å². The van der Waals surface area contributed by atoms with Gasteiger partial charge in [0.05, 0.1) is 11.5 Å². The van der Waals surface area contributed by atoms with E-state index in [-0.39, 0.29) is 5.91 Å². The van der Waals surface area contributed by atoms with Crippen LogP contribution >= 0.6 is 12.2 Å². The summed E-state index contributed by atoms with van der Waals surface area (Å²) < 4.78 is 0. The molecule has 1 rings (SSSR count). The van der Waals surface area contributed by atoms with Crippen molar-refractivity contribution in [1.29, 1.82) is 0 Å². The number of amides is 1. The van der Waals surface area contributed by atoms with Gasteiger partial charge in [-0.15, -0.1) is 0 Å². The predicted molar refractivity (Wildman–Crippen MR) is 69.3 cm³/mol. The number of carbonyl (C=O) groups is 1. The maximum Gasteiger partial charge on any atom is 0.234 e. The second-order valence-electron chi connectivity index (χ2n) is 4.62. The molecule has 92 valence electrons. The van der Waals surface area contributed by atoms with Gasteiger partial charge in [-0.1, -0.05) is 12.2 Å². The molecule has 0 heterocycles. The summed E-state index contributed by atoms with van der Waals surface area (Å²) in [5.74, 6) is 0.110. The molecule has 1 amide bonds. The van der Waals surface area contributed by atoms with Crippen LogP contribution in [0.4, 0.5) is 0 Å². The minimum absolute atomic E-state index is 0.110. The molecule has 3 N–H and O–H groups in total. The number of nitrogens with two attached hydrogens (primary N) is 1. The van der Waals surface area contributed by atoms with Gasteiger partial charge >= 0.3 is 0 Å². The molecule has 1 saturated carbocycles. The standard InChI is InChI=1S/C11H21N3OS/c1-8(2)14(6-5-10(12)16)7-11(15)13-9-3-4-9/h8-9H,3-7H2,1-2H3,(H2,12,16)(H,13,15). The molecule has 0 spiro atoms. The molecular weight excluding hydrogens is 222 g/mol. The molecule has 1 aliphatic rings. The molecule has 0 aromatic rings. The first-order valence-electron chi connectivity index (χ1n) is 5.80. The fourth-order valence-corrected chi connectivity index (χ4v) is 1.55. The lowest BCUT2D eigenvalue weighted by molar-refractivity contribution is -0.122. The summed E-state index contributed by atoms with van der Waals surface area (Å²) >= 11 is 4.84.